The summed E-state index contributed by atoms with van der Waals surface area (Å²) in [6, 6.07) is 0. The van der Waals surface area contributed by atoms with E-state index in [9.17, 15) is 0 Å². The van der Waals surface area contributed by atoms with E-state index in [1.165, 1.54) is 0 Å². The average Bonchev–Trinajstić information content (AvgIpc) is 2.27. The topological polar surface area (TPSA) is 49.9 Å². The number of allylic oxidation sites excluding steroid dienone is 4. The summed E-state index contributed by atoms with van der Waals surface area (Å²) in [5.74, 6) is 0.683. The van der Waals surface area contributed by atoms with E-state index >= 15 is 0 Å². The fourth-order valence-electron chi connectivity index (χ4n) is 1.16. The predicted octanol–water partition coefficient (Wildman–Crippen LogP) is 3.66. The third kappa shape index (κ3) is 4.47. The molecule has 0 rings (SSSR count). The van der Waals surface area contributed by atoms with Gasteiger partial charge in [-0.25, -0.2) is 0 Å². The molecule has 90 valence electrons. The van der Waals surface area contributed by atoms with Gasteiger partial charge in [-0.15, -0.1) is 0 Å². The first-order valence-corrected chi connectivity index (χ1v) is 5.83. The van der Waals surface area contributed by atoms with Crippen LogP contribution in [0.3, 0.4) is 0 Å². The van der Waals surface area contributed by atoms with Crippen molar-refractivity contribution in [1.29, 1.82) is 5.41 Å². The van der Waals surface area contributed by atoms with Crippen molar-refractivity contribution in [3.8, 4) is 0 Å². The second-order valence-corrected chi connectivity index (χ2v) is 4.39. The first-order valence-electron chi connectivity index (χ1n) is 5.83. The van der Waals surface area contributed by atoms with Crippen LogP contribution >= 0.6 is 0 Å². The van der Waals surface area contributed by atoms with Crippen molar-refractivity contribution in [2.45, 2.75) is 34.1 Å². The van der Waals surface area contributed by atoms with Gasteiger partial charge in [0.15, 0.2) is 0 Å². The molecule has 0 aliphatic rings. The van der Waals surface area contributed by atoms with Crippen molar-refractivity contribution < 1.29 is 0 Å². The summed E-state index contributed by atoms with van der Waals surface area (Å²) < 4.78 is 0. The molecule has 0 aliphatic heterocycles. The van der Waals surface area contributed by atoms with Crippen molar-refractivity contribution in [3.63, 3.8) is 0 Å². The zero-order valence-electron chi connectivity index (χ0n) is 10.9. The van der Waals surface area contributed by atoms with Crippen LogP contribution in [0.15, 0.2) is 36.1 Å². The first kappa shape index (κ1) is 14.7. The lowest BCUT2D eigenvalue weighted by Gasteiger charge is -2.11. The van der Waals surface area contributed by atoms with Gasteiger partial charge in [0.25, 0.3) is 0 Å². The molecule has 0 saturated heterocycles. The molecule has 1 unspecified atom stereocenters. The molecule has 0 fully saturated rings. The van der Waals surface area contributed by atoms with Gasteiger partial charge in [-0.05, 0) is 17.9 Å². The maximum atomic E-state index is 8.00. The van der Waals surface area contributed by atoms with E-state index in [1.807, 2.05) is 19.9 Å². The van der Waals surface area contributed by atoms with E-state index in [-0.39, 0.29) is 5.92 Å². The van der Waals surface area contributed by atoms with Gasteiger partial charge in [0, 0.05) is 17.0 Å². The molecule has 2 heteroatoms. The summed E-state index contributed by atoms with van der Waals surface area (Å²) in [5, 5.41) is 8.00. The van der Waals surface area contributed by atoms with E-state index in [4.69, 9.17) is 11.1 Å². The lowest BCUT2D eigenvalue weighted by atomic mass is 9.96. The Bertz CT molecular complexity index is 309. The second kappa shape index (κ2) is 7.04. The molecule has 3 N–H and O–H groups in total. The highest BCUT2D eigenvalue weighted by Crippen LogP contribution is 2.13. The number of hydrogen-bond donors (Lipinski definition) is 2. The number of hydrogen-bond acceptors (Lipinski definition) is 2. The van der Waals surface area contributed by atoms with Crippen LogP contribution in [0.4, 0.5) is 0 Å². The Hall–Kier alpha value is -1.31. The van der Waals surface area contributed by atoms with Gasteiger partial charge in [-0.1, -0.05) is 52.8 Å². The van der Waals surface area contributed by atoms with Gasteiger partial charge in [0.2, 0.25) is 0 Å². The molecular formula is C14H24N2. The first-order chi connectivity index (χ1) is 7.43. The molecular weight excluding hydrogens is 196 g/mol. The molecule has 0 saturated carbocycles. The highest BCUT2D eigenvalue weighted by atomic mass is 14.6. The summed E-state index contributed by atoms with van der Waals surface area (Å²) in [7, 11) is 0. The maximum absolute atomic E-state index is 8.00. The van der Waals surface area contributed by atoms with Crippen molar-refractivity contribution in [2.24, 2.45) is 17.6 Å². The van der Waals surface area contributed by atoms with E-state index in [1.54, 1.807) is 6.08 Å². The van der Waals surface area contributed by atoms with Gasteiger partial charge in [0.1, 0.15) is 0 Å². The van der Waals surface area contributed by atoms with Gasteiger partial charge in [0.05, 0.1) is 0 Å². The number of nitrogens with two attached hydrogens (primary N) is 1. The predicted molar refractivity (Wildman–Crippen MR) is 72.6 cm³/mol. The van der Waals surface area contributed by atoms with E-state index in [0.717, 1.165) is 12.0 Å². The standard InChI is InChI=1S/C14H24N2/c1-6-11(5)8-9-12(13(15)7-2)14(16)10(3)4/h7-11,16H,2,6,15H2,1,3-5H3/b9-8-,13-12-,16-14?. The molecule has 0 radical (unpaired) electrons. The minimum atomic E-state index is 0.176. The van der Waals surface area contributed by atoms with Crippen LogP contribution in [-0.2, 0) is 0 Å². The summed E-state index contributed by atoms with van der Waals surface area (Å²) in [5.41, 5.74) is 7.80. The minimum Gasteiger partial charge on any atom is -0.398 e. The molecule has 0 aliphatic carbocycles. The van der Waals surface area contributed by atoms with Crippen molar-refractivity contribution >= 4 is 5.71 Å². The van der Waals surface area contributed by atoms with Crippen LogP contribution in [0, 0.1) is 17.2 Å². The lowest BCUT2D eigenvalue weighted by molar-refractivity contribution is 0.698. The SMILES string of the molecule is C=C/C(N)=C(\C=C/C(C)CC)C(=N)C(C)C. The Morgan fingerprint density at radius 1 is 1.38 bits per heavy atom. The molecule has 0 aromatic carbocycles. The number of nitrogens with one attached hydrogen (secondary N) is 1. The van der Waals surface area contributed by atoms with Gasteiger partial charge < -0.3 is 11.1 Å². The lowest BCUT2D eigenvalue weighted by Crippen LogP contribution is -2.13. The maximum Gasteiger partial charge on any atom is 0.0432 e. The Kier molecular flexibility index (Phi) is 6.47. The summed E-state index contributed by atoms with van der Waals surface area (Å²) in [6.07, 6.45) is 6.75. The van der Waals surface area contributed by atoms with Crippen LogP contribution in [-0.4, -0.2) is 5.71 Å². The van der Waals surface area contributed by atoms with Crippen LogP contribution in [0.2, 0.25) is 0 Å². The van der Waals surface area contributed by atoms with Crippen LogP contribution < -0.4 is 5.73 Å². The molecule has 0 aromatic heterocycles. The van der Waals surface area contributed by atoms with Crippen LogP contribution in [0.25, 0.3) is 0 Å². The Balaban J connectivity index is 5.07. The van der Waals surface area contributed by atoms with Gasteiger partial charge in [-0.2, -0.15) is 0 Å². The van der Waals surface area contributed by atoms with Crippen LogP contribution in [0.1, 0.15) is 34.1 Å². The largest absolute Gasteiger partial charge is 0.398 e. The molecule has 2 nitrogen and oxygen atoms in total. The zero-order valence-corrected chi connectivity index (χ0v) is 10.9. The molecule has 16 heavy (non-hydrogen) atoms. The smallest absolute Gasteiger partial charge is 0.0432 e. The normalized spacial score (nSPS) is 15.1. The van der Waals surface area contributed by atoms with Crippen molar-refractivity contribution in [3.05, 3.63) is 36.1 Å². The van der Waals surface area contributed by atoms with Crippen molar-refractivity contribution in [1.82, 2.24) is 0 Å². The Morgan fingerprint density at radius 3 is 2.31 bits per heavy atom. The Morgan fingerprint density at radius 2 is 1.94 bits per heavy atom. The molecule has 0 bridgehead atoms. The zero-order chi connectivity index (χ0) is 12.7. The third-order valence-corrected chi connectivity index (χ3v) is 2.63. The average molecular weight is 220 g/mol. The second-order valence-electron chi connectivity index (χ2n) is 4.39. The fourth-order valence-corrected chi connectivity index (χ4v) is 1.16. The Labute approximate surface area is 99.4 Å². The van der Waals surface area contributed by atoms with E-state index in [2.05, 4.69) is 26.5 Å². The molecule has 0 spiro atoms. The van der Waals surface area contributed by atoms with Gasteiger partial charge in [-0.3, -0.25) is 0 Å². The molecule has 0 aromatic rings. The fraction of sp³-hybridized carbons (Fsp3) is 0.500. The highest BCUT2D eigenvalue weighted by Gasteiger charge is 2.09. The molecule has 0 heterocycles. The monoisotopic (exact) mass is 220 g/mol. The van der Waals surface area contributed by atoms with Crippen molar-refractivity contribution in [2.75, 3.05) is 0 Å². The summed E-state index contributed by atoms with van der Waals surface area (Å²) >= 11 is 0. The summed E-state index contributed by atoms with van der Waals surface area (Å²) in [6.45, 7) is 11.9. The van der Waals surface area contributed by atoms with Crippen LogP contribution in [0.5, 0.6) is 0 Å². The quantitative estimate of drug-likeness (QED) is 0.521. The van der Waals surface area contributed by atoms with E-state index < -0.39 is 0 Å². The molecule has 0 amide bonds. The molecule has 1 atom stereocenters. The van der Waals surface area contributed by atoms with E-state index in [0.29, 0.717) is 17.3 Å². The number of rotatable bonds is 6. The summed E-state index contributed by atoms with van der Waals surface area (Å²) in [4.78, 5) is 0. The van der Waals surface area contributed by atoms with Gasteiger partial charge >= 0.3 is 0 Å². The minimum absolute atomic E-state index is 0.176. The third-order valence-electron chi connectivity index (χ3n) is 2.63. The highest BCUT2D eigenvalue weighted by molar-refractivity contribution is 6.02.